The van der Waals surface area contributed by atoms with Gasteiger partial charge in [0, 0.05) is 64.5 Å². The zero-order valence-corrected chi connectivity index (χ0v) is 14.0. The maximum Gasteiger partial charge on any atom is 0.295 e. The van der Waals surface area contributed by atoms with Crippen LogP contribution in [-0.4, -0.2) is 72.1 Å². The molecule has 3 nitrogen and oxygen atoms in total. The summed E-state index contributed by atoms with van der Waals surface area (Å²) in [6.07, 6.45) is 0. The van der Waals surface area contributed by atoms with E-state index in [1.54, 1.807) is 30.3 Å². The van der Waals surface area contributed by atoms with Crippen LogP contribution in [0.3, 0.4) is 0 Å². The predicted octanol–water partition coefficient (Wildman–Crippen LogP) is 1.32. The van der Waals surface area contributed by atoms with Gasteiger partial charge in [-0.05, 0) is 11.5 Å². The predicted molar refractivity (Wildman–Crippen MR) is 65.3 cm³/mol. The smallest absolute Gasteiger partial charge is 0.282 e. The van der Waals surface area contributed by atoms with Gasteiger partial charge >= 0.3 is 0 Å². The first kappa shape index (κ1) is 16.6. The van der Waals surface area contributed by atoms with Crippen LogP contribution in [0.4, 0.5) is 0 Å². The van der Waals surface area contributed by atoms with Crippen molar-refractivity contribution in [3.8, 4) is 0 Å². The molecule has 0 saturated heterocycles. The van der Waals surface area contributed by atoms with Crippen molar-refractivity contribution in [2.45, 2.75) is 4.90 Å². The van der Waals surface area contributed by atoms with Crippen LogP contribution in [0.2, 0.25) is 0 Å². The number of rotatable bonds is 1. The molecule has 1 N–H and O–H groups in total. The van der Waals surface area contributed by atoms with E-state index in [0.717, 1.165) is 5.39 Å². The van der Waals surface area contributed by atoms with Crippen molar-refractivity contribution >= 4 is 80.0 Å². The molecule has 0 amide bonds. The summed E-state index contributed by atoms with van der Waals surface area (Å²) in [5.74, 6) is 0. The van der Waals surface area contributed by atoms with E-state index < -0.39 is 10.1 Å². The molecule has 2 aromatic carbocycles. The minimum absolute atomic E-state index is 0. The molecule has 0 fully saturated rings. The normalized spacial score (nSPS) is 10.3. The summed E-state index contributed by atoms with van der Waals surface area (Å²) >= 11 is 0. The van der Waals surface area contributed by atoms with E-state index in [1.165, 1.54) is 6.07 Å². The number of fused-ring (bicyclic) bond motifs is 1. The van der Waals surface area contributed by atoms with Crippen molar-refractivity contribution in [1.29, 1.82) is 0 Å². The standard InChI is InChI=1S/C10H8O3S.2Na/c11-14(12,13)10-7-3-5-8-4-1-2-6-9(8)10;;/h1-7H,(H,11,12,13);;. The van der Waals surface area contributed by atoms with Crippen LogP contribution in [0.1, 0.15) is 0 Å². The second-order valence-corrected chi connectivity index (χ2v) is 4.34. The molecule has 0 aliphatic carbocycles. The van der Waals surface area contributed by atoms with Gasteiger partial charge in [0.15, 0.2) is 0 Å². The fourth-order valence-corrected chi connectivity index (χ4v) is 2.13. The summed E-state index contributed by atoms with van der Waals surface area (Å²) in [5.41, 5.74) is 0. The van der Waals surface area contributed by atoms with Crippen molar-refractivity contribution in [2.75, 3.05) is 0 Å². The van der Waals surface area contributed by atoms with Crippen molar-refractivity contribution in [2.24, 2.45) is 0 Å². The van der Waals surface area contributed by atoms with Crippen LogP contribution >= 0.6 is 0 Å². The molecule has 0 spiro atoms. The van der Waals surface area contributed by atoms with Crippen LogP contribution in [-0.2, 0) is 10.1 Å². The van der Waals surface area contributed by atoms with Crippen LogP contribution < -0.4 is 0 Å². The van der Waals surface area contributed by atoms with Crippen LogP contribution in [0.25, 0.3) is 10.8 Å². The van der Waals surface area contributed by atoms with Gasteiger partial charge in [0.05, 0.1) is 0 Å². The molecule has 16 heavy (non-hydrogen) atoms. The fraction of sp³-hybridized carbons (Fsp3) is 0. The Bertz CT molecular complexity index is 576. The SMILES string of the molecule is O=S(=O)(O)c1cccc2ccccc12.[Na].[Na]. The molecule has 2 rings (SSSR count). The molecule has 0 heterocycles. The van der Waals surface area contributed by atoms with Gasteiger partial charge in [-0.15, -0.1) is 0 Å². The van der Waals surface area contributed by atoms with E-state index in [9.17, 15) is 8.42 Å². The summed E-state index contributed by atoms with van der Waals surface area (Å²) in [4.78, 5) is -0.0457. The van der Waals surface area contributed by atoms with Gasteiger partial charge in [-0.2, -0.15) is 8.42 Å². The van der Waals surface area contributed by atoms with Gasteiger partial charge in [-0.25, -0.2) is 0 Å². The molecule has 0 aliphatic heterocycles. The van der Waals surface area contributed by atoms with Crippen molar-refractivity contribution in [3.05, 3.63) is 42.5 Å². The van der Waals surface area contributed by atoms with E-state index in [0.29, 0.717) is 5.39 Å². The van der Waals surface area contributed by atoms with E-state index in [2.05, 4.69) is 0 Å². The second kappa shape index (κ2) is 6.52. The van der Waals surface area contributed by atoms with Gasteiger partial charge in [0.1, 0.15) is 4.90 Å². The average Bonchev–Trinajstić information content (AvgIpc) is 2.15. The summed E-state index contributed by atoms with van der Waals surface area (Å²) in [5, 5.41) is 1.33. The van der Waals surface area contributed by atoms with Gasteiger partial charge in [-0.1, -0.05) is 36.4 Å². The maximum absolute atomic E-state index is 11.0. The van der Waals surface area contributed by atoms with E-state index in [4.69, 9.17) is 4.55 Å². The van der Waals surface area contributed by atoms with Crippen LogP contribution in [0.5, 0.6) is 0 Å². The van der Waals surface area contributed by atoms with Crippen molar-refractivity contribution < 1.29 is 13.0 Å². The molecule has 0 saturated carbocycles. The Morgan fingerprint density at radius 2 is 1.44 bits per heavy atom. The maximum atomic E-state index is 11.0. The molecule has 6 heteroatoms. The zero-order chi connectivity index (χ0) is 10.2. The van der Waals surface area contributed by atoms with Crippen molar-refractivity contribution in [1.82, 2.24) is 0 Å². The van der Waals surface area contributed by atoms with Gasteiger partial charge < -0.3 is 0 Å². The Morgan fingerprint density at radius 3 is 2.06 bits per heavy atom. The summed E-state index contributed by atoms with van der Waals surface area (Å²) < 4.78 is 31.0. The first-order valence-electron chi connectivity index (χ1n) is 4.04. The molecular weight excluding hydrogens is 246 g/mol. The first-order chi connectivity index (χ1) is 6.59. The minimum atomic E-state index is -4.13. The Hall–Kier alpha value is 0.610. The number of hydrogen-bond donors (Lipinski definition) is 1. The molecular formula is C10H8Na2O3S. The molecule has 74 valence electrons. The molecule has 2 radical (unpaired) electrons. The minimum Gasteiger partial charge on any atom is -0.282 e. The van der Waals surface area contributed by atoms with Gasteiger partial charge in [0.25, 0.3) is 10.1 Å². The fourth-order valence-electron chi connectivity index (χ4n) is 1.42. The Kier molecular flexibility index (Phi) is 6.77. The Balaban J connectivity index is 0.00000112. The Morgan fingerprint density at radius 1 is 0.875 bits per heavy atom. The molecule has 0 unspecified atom stereocenters. The third-order valence-corrected chi connectivity index (χ3v) is 2.94. The van der Waals surface area contributed by atoms with Crippen molar-refractivity contribution in [3.63, 3.8) is 0 Å². The molecule has 0 bridgehead atoms. The average molecular weight is 254 g/mol. The monoisotopic (exact) mass is 254 g/mol. The van der Waals surface area contributed by atoms with Gasteiger partial charge in [-0.3, -0.25) is 4.55 Å². The van der Waals surface area contributed by atoms with Gasteiger partial charge in [0.2, 0.25) is 0 Å². The third-order valence-electron chi connectivity index (χ3n) is 2.03. The van der Waals surface area contributed by atoms with Crippen LogP contribution in [0.15, 0.2) is 47.4 Å². The number of hydrogen-bond acceptors (Lipinski definition) is 2. The molecule has 0 atom stereocenters. The molecule has 0 aromatic heterocycles. The molecule has 0 aliphatic rings. The van der Waals surface area contributed by atoms with Crippen LogP contribution in [0, 0.1) is 0 Å². The number of benzene rings is 2. The quantitative estimate of drug-likeness (QED) is 0.617. The summed E-state index contributed by atoms with van der Waals surface area (Å²) in [6.45, 7) is 0. The zero-order valence-electron chi connectivity index (χ0n) is 9.21. The first-order valence-corrected chi connectivity index (χ1v) is 5.48. The Labute approximate surface area is 139 Å². The summed E-state index contributed by atoms with van der Waals surface area (Å²) in [7, 11) is -4.13. The summed E-state index contributed by atoms with van der Waals surface area (Å²) in [6, 6.07) is 11.8. The largest absolute Gasteiger partial charge is 0.295 e. The molecule has 2 aromatic rings. The topological polar surface area (TPSA) is 54.4 Å². The third kappa shape index (κ3) is 3.55. The second-order valence-electron chi connectivity index (χ2n) is 2.95. The van der Waals surface area contributed by atoms with E-state index in [-0.39, 0.29) is 64.0 Å². The van der Waals surface area contributed by atoms with E-state index >= 15 is 0 Å². The van der Waals surface area contributed by atoms with E-state index in [1.807, 2.05) is 6.07 Å².